The van der Waals surface area contributed by atoms with Crippen LogP contribution in [0.4, 0.5) is 0 Å². The molecule has 0 amide bonds. The van der Waals surface area contributed by atoms with Crippen molar-refractivity contribution in [3.8, 4) is 5.75 Å². The van der Waals surface area contributed by atoms with Gasteiger partial charge < -0.3 is 6.16 Å². The van der Waals surface area contributed by atoms with Crippen LogP contribution in [-0.4, -0.2) is 13.4 Å². The summed E-state index contributed by atoms with van der Waals surface area (Å²) in [6.45, 7) is 0. The van der Waals surface area contributed by atoms with Crippen LogP contribution < -0.4 is 34.3 Å². The number of hydrogen-bond acceptors (Lipinski definition) is 2. The molecular formula is C8H11NaOS. The zero-order valence-electron chi connectivity index (χ0n) is 8.13. The number of benzene rings is 1. The van der Waals surface area contributed by atoms with Crippen LogP contribution in [0.15, 0.2) is 29.2 Å². The normalized spacial score (nSPS) is 8.55. The van der Waals surface area contributed by atoms with E-state index in [1.807, 2.05) is 24.3 Å². The molecule has 0 saturated heterocycles. The third kappa shape index (κ3) is 3.52. The van der Waals surface area contributed by atoms with Gasteiger partial charge in [-0.2, -0.15) is 0 Å². The molecule has 0 fully saturated rings. The van der Waals surface area contributed by atoms with Crippen LogP contribution in [0.5, 0.6) is 5.75 Å². The van der Waals surface area contributed by atoms with Crippen LogP contribution >= 0.6 is 11.8 Å². The minimum atomic E-state index is 0. The van der Waals surface area contributed by atoms with Crippen molar-refractivity contribution in [1.29, 1.82) is 0 Å². The van der Waals surface area contributed by atoms with Gasteiger partial charge in [-0.3, -0.25) is 0 Å². The van der Waals surface area contributed by atoms with Gasteiger partial charge in [0.05, 0.1) is 7.11 Å². The predicted octanol–water partition coefficient (Wildman–Crippen LogP) is -0.466. The van der Waals surface area contributed by atoms with E-state index in [4.69, 9.17) is 4.74 Å². The monoisotopic (exact) mass is 178 g/mol. The van der Waals surface area contributed by atoms with Crippen LogP contribution in [0.3, 0.4) is 0 Å². The van der Waals surface area contributed by atoms with Gasteiger partial charge in [0.1, 0.15) is 5.75 Å². The molecule has 0 radical (unpaired) electrons. The van der Waals surface area contributed by atoms with E-state index >= 15 is 0 Å². The Balaban J connectivity index is 0. The molecule has 0 aliphatic heterocycles. The number of rotatable bonds is 2. The molecule has 0 aromatic heterocycles. The Morgan fingerprint density at radius 1 is 1.27 bits per heavy atom. The molecule has 11 heavy (non-hydrogen) atoms. The van der Waals surface area contributed by atoms with Gasteiger partial charge in [-0.15, -0.1) is 11.8 Å². The second kappa shape index (κ2) is 5.95. The van der Waals surface area contributed by atoms with Crippen LogP contribution in [0, 0.1) is 0 Å². The molecule has 0 N–H and O–H groups in total. The van der Waals surface area contributed by atoms with E-state index in [1.165, 1.54) is 4.90 Å². The summed E-state index contributed by atoms with van der Waals surface area (Å²) in [5.74, 6) is 0.915. The second-order valence-electron chi connectivity index (χ2n) is 1.88. The maximum Gasteiger partial charge on any atom is 1.00 e. The fourth-order valence-corrected chi connectivity index (χ4v) is 1.12. The molecule has 0 aliphatic rings. The minimum Gasteiger partial charge on any atom is -1.00 e. The summed E-state index contributed by atoms with van der Waals surface area (Å²) < 4.78 is 5.00. The first-order valence-electron chi connectivity index (χ1n) is 3.05. The van der Waals surface area contributed by atoms with Gasteiger partial charge in [-0.1, -0.05) is 0 Å². The van der Waals surface area contributed by atoms with Crippen molar-refractivity contribution in [1.82, 2.24) is 0 Å². The number of ether oxygens (including phenoxy) is 1. The van der Waals surface area contributed by atoms with Gasteiger partial charge in [0, 0.05) is 4.90 Å². The van der Waals surface area contributed by atoms with Crippen LogP contribution in [-0.2, 0) is 0 Å². The molecule has 1 nitrogen and oxygen atoms in total. The Morgan fingerprint density at radius 3 is 2.18 bits per heavy atom. The van der Waals surface area contributed by atoms with E-state index in [1.54, 1.807) is 18.9 Å². The Labute approximate surface area is 95.3 Å². The van der Waals surface area contributed by atoms with Gasteiger partial charge in [0.2, 0.25) is 0 Å². The minimum absolute atomic E-state index is 0. The van der Waals surface area contributed by atoms with Gasteiger partial charge in [-0.05, 0) is 30.5 Å². The zero-order valence-corrected chi connectivity index (χ0v) is 9.94. The summed E-state index contributed by atoms with van der Waals surface area (Å²) >= 11 is 1.73. The molecule has 1 aromatic carbocycles. The summed E-state index contributed by atoms with van der Waals surface area (Å²) in [6, 6.07) is 8.02. The van der Waals surface area contributed by atoms with Crippen molar-refractivity contribution in [2.45, 2.75) is 4.90 Å². The van der Waals surface area contributed by atoms with E-state index in [2.05, 4.69) is 6.26 Å². The summed E-state index contributed by atoms with van der Waals surface area (Å²) in [6.07, 6.45) is 2.06. The predicted molar refractivity (Wildman–Crippen MR) is 45.9 cm³/mol. The second-order valence-corrected chi connectivity index (χ2v) is 2.76. The first-order chi connectivity index (χ1) is 4.86. The average molecular weight is 178 g/mol. The van der Waals surface area contributed by atoms with Gasteiger partial charge >= 0.3 is 29.6 Å². The number of thioether (sulfide) groups is 1. The Bertz CT molecular complexity index is 180. The van der Waals surface area contributed by atoms with E-state index in [0.717, 1.165) is 5.75 Å². The maximum atomic E-state index is 5.00. The van der Waals surface area contributed by atoms with E-state index in [-0.39, 0.29) is 31.0 Å². The zero-order chi connectivity index (χ0) is 7.40. The fraction of sp³-hybridized carbons (Fsp3) is 0.250. The molecule has 1 aromatic rings. The Morgan fingerprint density at radius 2 is 1.82 bits per heavy atom. The molecular weight excluding hydrogens is 167 g/mol. The summed E-state index contributed by atoms with van der Waals surface area (Å²) in [5.41, 5.74) is 0. The molecule has 0 bridgehead atoms. The third-order valence-corrected chi connectivity index (χ3v) is 2.04. The molecule has 0 unspecified atom stereocenters. The van der Waals surface area contributed by atoms with Crippen molar-refractivity contribution in [3.63, 3.8) is 0 Å². The van der Waals surface area contributed by atoms with Gasteiger partial charge in [0.15, 0.2) is 0 Å². The number of hydrogen-bond donors (Lipinski definition) is 0. The van der Waals surface area contributed by atoms with E-state index in [0.29, 0.717) is 0 Å². The quantitative estimate of drug-likeness (QED) is 0.447. The SMILES string of the molecule is COc1ccc(SC)cc1.[H-].[Na+]. The van der Waals surface area contributed by atoms with E-state index < -0.39 is 0 Å². The Kier molecular flexibility index (Phi) is 6.15. The van der Waals surface area contributed by atoms with Crippen LogP contribution in [0.2, 0.25) is 0 Å². The van der Waals surface area contributed by atoms with Crippen LogP contribution in [0.25, 0.3) is 0 Å². The molecule has 0 spiro atoms. The standard InChI is InChI=1S/C8H10OS.Na.H/c1-9-7-3-5-8(10-2)6-4-7;;/h3-6H,1-2H3;;/q;+1;-1. The van der Waals surface area contributed by atoms with Crippen molar-refractivity contribution >= 4 is 11.8 Å². The smallest absolute Gasteiger partial charge is 1.00 e. The van der Waals surface area contributed by atoms with Crippen LogP contribution in [0.1, 0.15) is 1.43 Å². The van der Waals surface area contributed by atoms with Gasteiger partial charge in [0.25, 0.3) is 0 Å². The van der Waals surface area contributed by atoms with Crippen molar-refractivity contribution in [2.24, 2.45) is 0 Å². The average Bonchev–Trinajstić information content (AvgIpc) is 2.05. The molecule has 0 atom stereocenters. The Hall–Kier alpha value is 0.370. The molecule has 3 heteroatoms. The first kappa shape index (κ1) is 11.4. The van der Waals surface area contributed by atoms with Crippen molar-refractivity contribution < 1.29 is 35.7 Å². The molecule has 1 rings (SSSR count). The number of methoxy groups -OCH3 is 1. The third-order valence-electron chi connectivity index (χ3n) is 1.30. The maximum absolute atomic E-state index is 5.00. The van der Waals surface area contributed by atoms with Gasteiger partial charge in [-0.25, -0.2) is 0 Å². The molecule has 0 aliphatic carbocycles. The van der Waals surface area contributed by atoms with E-state index in [9.17, 15) is 0 Å². The summed E-state index contributed by atoms with van der Waals surface area (Å²) in [4.78, 5) is 1.26. The fourth-order valence-electron chi connectivity index (χ4n) is 0.712. The first-order valence-corrected chi connectivity index (χ1v) is 4.27. The summed E-state index contributed by atoms with van der Waals surface area (Å²) in [5, 5.41) is 0. The molecule has 0 heterocycles. The molecule has 0 saturated carbocycles. The molecule has 56 valence electrons. The van der Waals surface area contributed by atoms with Crippen molar-refractivity contribution in [3.05, 3.63) is 24.3 Å². The largest absolute Gasteiger partial charge is 1.00 e. The summed E-state index contributed by atoms with van der Waals surface area (Å²) in [7, 11) is 1.67. The topological polar surface area (TPSA) is 9.23 Å². The van der Waals surface area contributed by atoms with Crippen molar-refractivity contribution in [2.75, 3.05) is 13.4 Å².